The maximum Gasteiger partial charge on any atom is 0.279 e. The van der Waals surface area contributed by atoms with Crippen molar-refractivity contribution >= 4 is 34.3 Å². The molecule has 0 aromatic heterocycles. The minimum absolute atomic E-state index is 0. The van der Waals surface area contributed by atoms with Crippen LogP contribution in [0.4, 0.5) is 0 Å². The van der Waals surface area contributed by atoms with Crippen LogP contribution >= 0.6 is 10.8 Å². The monoisotopic (exact) mass is 534 g/mol. The Bertz CT molecular complexity index is 591. The molecule has 0 spiro atoms. The summed E-state index contributed by atoms with van der Waals surface area (Å²) in [6, 6.07) is 9.20. The van der Waals surface area contributed by atoms with Gasteiger partial charge < -0.3 is 31.7 Å². The number of amides is 2. The van der Waals surface area contributed by atoms with E-state index in [0.717, 1.165) is 26.2 Å². The molecule has 2 atom stereocenters. The third kappa shape index (κ3) is 3.18. The minimum atomic E-state index is -2.25. The van der Waals surface area contributed by atoms with Gasteiger partial charge in [0, 0.05) is 40.6 Å². The molecule has 2 N–H and O–H groups in total. The number of piperazine rings is 1. The number of benzene rings is 1. The fourth-order valence-electron chi connectivity index (χ4n) is 2.51. The van der Waals surface area contributed by atoms with Crippen molar-refractivity contribution in [3.05, 3.63) is 35.9 Å². The van der Waals surface area contributed by atoms with Crippen LogP contribution in [0.15, 0.2) is 30.3 Å². The number of carbonyl (C=O) groups is 2. The number of aliphatic hydroxyl groups excluding tert-OH is 1. The molecule has 0 aliphatic carbocycles. The number of hydrogen-bond donors (Lipinski definition) is 2. The van der Waals surface area contributed by atoms with Crippen LogP contribution in [-0.2, 0) is 47.8 Å². The predicted molar refractivity (Wildman–Crippen MR) is 85.4 cm³/mol. The fraction of sp³-hybridized carbons (Fsp3) is 0.429. The first kappa shape index (κ1) is 20.5. The molecular formula is C14H17IrN2O4S2-. The molecule has 2 unspecified atom stereocenters. The van der Waals surface area contributed by atoms with E-state index in [1.165, 1.54) is 14.1 Å². The van der Waals surface area contributed by atoms with Crippen LogP contribution in [-0.4, -0.2) is 63.1 Å². The van der Waals surface area contributed by atoms with Crippen molar-refractivity contribution in [2.75, 3.05) is 20.7 Å². The normalized spacial score (nSPS) is 27.9. The van der Waals surface area contributed by atoms with Crippen molar-refractivity contribution < 1.29 is 39.9 Å². The number of aliphatic hydroxyl groups is 2. The molecule has 0 saturated carbocycles. The summed E-state index contributed by atoms with van der Waals surface area (Å²) in [4.78, 5) is 25.9. The second kappa shape index (κ2) is 7.55. The van der Waals surface area contributed by atoms with E-state index in [-0.39, 0.29) is 26.5 Å². The SMILES string of the molecule is CN1C(=O)C(Cc2ccccc2)(S[S-])N(C)C(=O)C1(O)CO.[Ir]. The first-order valence-corrected chi connectivity index (χ1v) is 8.32. The molecule has 1 aromatic rings. The van der Waals surface area contributed by atoms with Gasteiger partial charge in [0.1, 0.15) is 11.5 Å². The Morgan fingerprint density at radius 2 is 1.70 bits per heavy atom. The minimum Gasteiger partial charge on any atom is -0.716 e. The number of rotatable bonds is 4. The fourth-order valence-corrected chi connectivity index (χ4v) is 3.87. The quantitative estimate of drug-likeness (QED) is 0.410. The average molecular weight is 534 g/mol. The molecule has 6 nitrogen and oxygen atoms in total. The number of likely N-dealkylation sites (N-methyl/N-ethyl adjacent to an activating group) is 2. The van der Waals surface area contributed by atoms with E-state index in [0.29, 0.717) is 0 Å². The van der Waals surface area contributed by atoms with Gasteiger partial charge in [0.05, 0.1) is 0 Å². The Labute approximate surface area is 157 Å². The topological polar surface area (TPSA) is 81.1 Å². The Morgan fingerprint density at radius 3 is 2.17 bits per heavy atom. The van der Waals surface area contributed by atoms with Crippen molar-refractivity contribution in [1.29, 1.82) is 0 Å². The van der Waals surface area contributed by atoms with Gasteiger partial charge in [0.25, 0.3) is 11.8 Å². The Balaban J connectivity index is 0.00000264. The van der Waals surface area contributed by atoms with E-state index in [1.54, 1.807) is 0 Å². The van der Waals surface area contributed by atoms with Gasteiger partial charge in [-0.3, -0.25) is 20.4 Å². The van der Waals surface area contributed by atoms with Crippen molar-refractivity contribution in [1.82, 2.24) is 9.80 Å². The summed E-state index contributed by atoms with van der Waals surface area (Å²) in [5, 5.41) is 19.6. The summed E-state index contributed by atoms with van der Waals surface area (Å²) >= 11 is 5.09. The summed E-state index contributed by atoms with van der Waals surface area (Å²) in [5.74, 6) is -1.28. The van der Waals surface area contributed by atoms with Crippen molar-refractivity contribution in [2.24, 2.45) is 0 Å². The molecule has 129 valence electrons. The molecule has 1 aliphatic rings. The van der Waals surface area contributed by atoms with Crippen LogP contribution in [0.1, 0.15) is 5.56 Å². The van der Waals surface area contributed by atoms with Crippen molar-refractivity contribution in [3.63, 3.8) is 0 Å². The molecule has 2 amide bonds. The molecular weight excluding hydrogens is 517 g/mol. The molecule has 1 fully saturated rings. The van der Waals surface area contributed by atoms with E-state index >= 15 is 0 Å². The molecule has 23 heavy (non-hydrogen) atoms. The van der Waals surface area contributed by atoms with Gasteiger partial charge in [-0.15, -0.1) is 0 Å². The Morgan fingerprint density at radius 1 is 1.13 bits per heavy atom. The van der Waals surface area contributed by atoms with Gasteiger partial charge >= 0.3 is 0 Å². The molecule has 2 rings (SSSR count). The summed E-state index contributed by atoms with van der Waals surface area (Å²) in [6.45, 7) is -0.873. The summed E-state index contributed by atoms with van der Waals surface area (Å²) in [6.07, 6.45) is 0.217. The molecule has 1 aliphatic heterocycles. The van der Waals surface area contributed by atoms with Crippen LogP contribution in [0, 0.1) is 0 Å². The molecule has 1 saturated heterocycles. The molecule has 1 heterocycles. The van der Waals surface area contributed by atoms with Crippen LogP contribution in [0.2, 0.25) is 0 Å². The van der Waals surface area contributed by atoms with E-state index in [9.17, 15) is 19.8 Å². The largest absolute Gasteiger partial charge is 0.716 e. The van der Waals surface area contributed by atoms with Gasteiger partial charge in [0.2, 0.25) is 5.72 Å². The Kier molecular flexibility index (Phi) is 6.72. The summed E-state index contributed by atoms with van der Waals surface area (Å²) < 4.78 is 0. The number of hydrogen-bond acceptors (Lipinski definition) is 6. The maximum absolute atomic E-state index is 12.8. The zero-order valence-electron chi connectivity index (χ0n) is 12.6. The Hall–Kier alpha value is -0.571. The van der Waals surface area contributed by atoms with Gasteiger partial charge in [-0.05, 0) is 5.56 Å². The maximum atomic E-state index is 12.8. The molecule has 0 bridgehead atoms. The second-order valence-electron chi connectivity index (χ2n) is 5.23. The smallest absolute Gasteiger partial charge is 0.279 e. The molecule has 1 aromatic carbocycles. The van der Waals surface area contributed by atoms with Crippen LogP contribution in [0.25, 0.3) is 0 Å². The number of nitrogens with zero attached hydrogens (tertiary/aromatic N) is 2. The van der Waals surface area contributed by atoms with E-state index in [2.05, 4.69) is 0 Å². The van der Waals surface area contributed by atoms with Crippen LogP contribution < -0.4 is 0 Å². The van der Waals surface area contributed by atoms with Gasteiger partial charge in [-0.1, -0.05) is 30.3 Å². The van der Waals surface area contributed by atoms with Crippen LogP contribution in [0.3, 0.4) is 0 Å². The van der Waals surface area contributed by atoms with Gasteiger partial charge in [0.15, 0.2) is 0 Å². The molecule has 9 heteroatoms. The second-order valence-corrected chi connectivity index (χ2v) is 6.58. The van der Waals surface area contributed by atoms with Gasteiger partial charge in [-0.25, -0.2) is 0 Å². The van der Waals surface area contributed by atoms with Gasteiger partial charge in [-0.2, -0.15) is 0 Å². The molecule has 1 radical (unpaired) electrons. The number of carbonyl (C=O) groups excluding carboxylic acids is 2. The zero-order chi connectivity index (χ0) is 16.5. The van der Waals surface area contributed by atoms with Crippen molar-refractivity contribution in [2.45, 2.75) is 17.0 Å². The van der Waals surface area contributed by atoms with Crippen molar-refractivity contribution in [3.8, 4) is 0 Å². The summed E-state index contributed by atoms with van der Waals surface area (Å²) in [7, 11) is 3.53. The average Bonchev–Trinajstić information content (AvgIpc) is 2.56. The zero-order valence-corrected chi connectivity index (χ0v) is 16.6. The standard InChI is InChI=1S/C14H18N2O4S2.Ir/c1-15-12(19)14(22-21,8-10-6-4-3-5-7-10)16(2)11(18)13(15,20)9-17;/h3-7,17,20-21H,8-9H2,1-2H3;/p-1. The first-order valence-electron chi connectivity index (χ1n) is 6.58. The van der Waals surface area contributed by atoms with E-state index in [1.807, 2.05) is 30.3 Å². The first-order chi connectivity index (χ1) is 10.3. The van der Waals surface area contributed by atoms with E-state index in [4.69, 9.17) is 11.7 Å². The third-order valence-corrected chi connectivity index (χ3v) is 5.72. The van der Waals surface area contributed by atoms with E-state index < -0.39 is 29.0 Å². The predicted octanol–water partition coefficient (Wildman–Crippen LogP) is -0.271. The van der Waals surface area contributed by atoms with Crippen LogP contribution in [0.5, 0.6) is 0 Å². The third-order valence-electron chi connectivity index (χ3n) is 4.03. The summed E-state index contributed by atoms with van der Waals surface area (Å²) in [5.41, 5.74) is -1.41.